The average molecular weight is 1400 g/mol. The topological polar surface area (TPSA) is 465 Å². The van der Waals surface area contributed by atoms with Gasteiger partial charge in [-0.3, -0.25) is 9.59 Å². The number of carboxylic acid groups (broad SMARTS) is 1. The Hall–Kier alpha value is -4.01. The van der Waals surface area contributed by atoms with Gasteiger partial charge in [0.1, 0.15) is 97.3 Å². The first-order valence-corrected chi connectivity index (χ1v) is 34.0. The van der Waals surface area contributed by atoms with Gasteiger partial charge in [0.25, 0.3) is 0 Å². The van der Waals surface area contributed by atoms with Crippen molar-refractivity contribution in [3.05, 3.63) is 47.6 Å². The highest BCUT2D eigenvalue weighted by atomic mass is 16.8. The van der Waals surface area contributed by atoms with Crippen LogP contribution in [-0.2, 0) is 66.5 Å². The van der Waals surface area contributed by atoms with E-state index >= 15 is 4.79 Å². The summed E-state index contributed by atoms with van der Waals surface area (Å²) in [5.41, 5.74) is -4.83. The first kappa shape index (κ1) is 75.2. The van der Waals surface area contributed by atoms with E-state index in [-0.39, 0.29) is 43.6 Å². The molecule has 0 bridgehead atoms. The minimum absolute atomic E-state index is 0.0129. The molecule has 15 N–H and O–H groups in total. The van der Waals surface area contributed by atoms with Crippen molar-refractivity contribution in [2.75, 3.05) is 33.5 Å². The number of benzene rings is 1. The third-order valence-electron chi connectivity index (χ3n) is 24.5. The predicted molar refractivity (Wildman–Crippen MR) is 331 cm³/mol. The van der Waals surface area contributed by atoms with E-state index < -0.39 is 230 Å². The summed E-state index contributed by atoms with van der Waals surface area (Å²) >= 11 is 0. The molecule has 0 radical (unpaired) electrons. The first-order valence-electron chi connectivity index (χ1n) is 34.0. The highest BCUT2D eigenvalue weighted by Crippen LogP contribution is 2.76. The molecule has 11 rings (SSSR count). The lowest BCUT2D eigenvalue weighted by Gasteiger charge is -2.71. The maximum Gasteiger partial charge on any atom is 0.331 e. The Morgan fingerprint density at radius 2 is 1.20 bits per heavy atom. The Labute approximate surface area is 566 Å². The second-order valence-electron chi connectivity index (χ2n) is 30.5. The number of rotatable bonds is 17. The van der Waals surface area contributed by atoms with Crippen LogP contribution in [0.3, 0.4) is 0 Å². The highest BCUT2D eigenvalue weighted by molar-refractivity contribution is 5.87. The lowest BCUT2D eigenvalue weighted by atomic mass is 9.33. The molecule has 5 aliphatic heterocycles. The first-order chi connectivity index (χ1) is 46.1. The fourth-order valence-corrected chi connectivity index (χ4v) is 18.7. The molecule has 0 spiro atoms. The number of carbonyl (C=O) groups excluding carboxylic acids is 2. The summed E-state index contributed by atoms with van der Waals surface area (Å²) < 4.78 is 71.0. The molecule has 5 aliphatic carbocycles. The molecule has 98 heavy (non-hydrogen) atoms. The SMILES string of the molecule is COc1ccc(/C=C\C(=O)O[C@@H]2[C@H](O)[C@@H](O[C@@H]3O[C@@H](C)[C@H](O[C@@H]4OC[C@@H](O[C@@H]5OC[C@H](O)[C@H](O)[C@H]5O)[C@H](O)[C@H]4O)[C@@H](O)[C@H]3O)[C@H](OC(=O)[C@]34CCC(C)(C)C[C@H]3C3=CC[C@@H]5[C@@]6(C)C[C@H](O)[C@H](O[C@@H]7O[C@H](CO)[C@@H](O)[C@H](O)[C@H]7O)[C@@](C)(C(=O)O)[C@@H]6CC[C@@]5(C)[C@]3(CO)CC4)O[C@@H]2C)cc1. The van der Waals surface area contributed by atoms with Gasteiger partial charge in [0.05, 0.1) is 62.7 Å². The number of aliphatic hydroxyl groups is 14. The number of methoxy groups -OCH3 is 1. The minimum atomic E-state index is -2.05. The number of ether oxygens (including phenoxy) is 12. The second kappa shape index (κ2) is 28.6. The monoisotopic (exact) mass is 1400 g/mol. The maximum absolute atomic E-state index is 15.9. The lowest BCUT2D eigenvalue weighted by Crippen LogP contribution is -2.71. The van der Waals surface area contributed by atoms with Crippen LogP contribution < -0.4 is 4.74 Å². The molecule has 5 saturated heterocycles. The summed E-state index contributed by atoms with van der Waals surface area (Å²) in [5, 5.41) is 167. The Kier molecular flexibility index (Phi) is 21.9. The minimum Gasteiger partial charge on any atom is -0.497 e. The van der Waals surface area contributed by atoms with Gasteiger partial charge in [-0.1, -0.05) is 51.5 Å². The summed E-state index contributed by atoms with van der Waals surface area (Å²) in [6, 6.07) is 6.76. The molecular weight excluding hydrogens is 1300 g/mol. The maximum atomic E-state index is 15.9. The van der Waals surface area contributed by atoms with Gasteiger partial charge in [-0.05, 0) is 136 Å². The van der Waals surface area contributed by atoms with Crippen LogP contribution in [0.5, 0.6) is 5.75 Å². The van der Waals surface area contributed by atoms with Crippen LogP contribution in [0.4, 0.5) is 0 Å². The quantitative estimate of drug-likeness (QED) is 0.0362. The molecule has 1 aromatic carbocycles. The molecule has 30 heteroatoms. The highest BCUT2D eigenvalue weighted by Gasteiger charge is 2.74. The van der Waals surface area contributed by atoms with Crippen molar-refractivity contribution < 1.29 is 148 Å². The standard InChI is InChI=1S/C68H100O30/c1-29-52(95-57-48(80)44(76)38(27-89-57)93-56-47(79)42(74)36(72)26-88-56)46(78)50(82)58(90-29)96-54-51(83)53(94-41(73)16-11-31-9-12-32(87-8)13-10-31)30(2)91-60(54)98-62(86)67-20-19-63(3,4)23-34(67)33-14-15-39-64(5)24-35(71)55(97-59-49(81)45(77)43(75)37(25-69)92-59)66(7,61(84)85)40(64)17-18-65(39,6)68(33,28-70)22-21-67/h9-14,16,29-30,34-40,42-60,69-72,74-83H,15,17-28H2,1-8H3,(H,84,85)/b16-11-/t29-,30+,34-,35-,36-,37+,38+,39+,40+,42-,43+,44-,45-,46-,47+,48+,49+,50+,51-,52-,53-,54+,55-,56-,57-,58-,59-,60-,64+,65+,66-,67-,68-/m0/s1. The molecule has 9 fully saturated rings. The van der Waals surface area contributed by atoms with Gasteiger partial charge in [-0.2, -0.15) is 0 Å². The second-order valence-corrected chi connectivity index (χ2v) is 30.5. The number of fused-ring (bicyclic) bond motifs is 7. The molecule has 0 amide bonds. The van der Waals surface area contributed by atoms with Crippen LogP contribution in [0.1, 0.15) is 112 Å². The van der Waals surface area contributed by atoms with Gasteiger partial charge in [-0.15, -0.1) is 0 Å². The molecule has 10 aliphatic rings. The van der Waals surface area contributed by atoms with E-state index in [4.69, 9.17) is 56.8 Å². The molecule has 4 saturated carbocycles. The van der Waals surface area contributed by atoms with E-state index in [2.05, 4.69) is 26.8 Å². The van der Waals surface area contributed by atoms with Crippen LogP contribution in [0.25, 0.3) is 6.08 Å². The molecule has 552 valence electrons. The van der Waals surface area contributed by atoms with Gasteiger partial charge >= 0.3 is 17.9 Å². The Morgan fingerprint density at radius 1 is 0.592 bits per heavy atom. The van der Waals surface area contributed by atoms with Crippen LogP contribution in [0.2, 0.25) is 0 Å². The molecule has 1 aromatic rings. The number of aliphatic carboxylic acids is 1. The molecule has 0 unspecified atom stereocenters. The molecule has 30 nitrogen and oxygen atoms in total. The number of carboxylic acids is 1. The summed E-state index contributed by atoms with van der Waals surface area (Å²) in [4.78, 5) is 43.4. The number of hydrogen-bond donors (Lipinski definition) is 15. The van der Waals surface area contributed by atoms with Crippen LogP contribution in [0.15, 0.2) is 42.0 Å². The Morgan fingerprint density at radius 3 is 1.88 bits per heavy atom. The van der Waals surface area contributed by atoms with Crippen LogP contribution in [0, 0.1) is 50.2 Å². The van der Waals surface area contributed by atoms with E-state index in [9.17, 15) is 86.2 Å². The zero-order chi connectivity index (χ0) is 71.3. The third-order valence-corrected chi connectivity index (χ3v) is 24.5. The van der Waals surface area contributed by atoms with Crippen LogP contribution >= 0.6 is 0 Å². The van der Waals surface area contributed by atoms with Gasteiger partial charge < -0.3 is 133 Å². The van der Waals surface area contributed by atoms with Crippen LogP contribution in [-0.4, -0.2) is 282 Å². The van der Waals surface area contributed by atoms with Crippen molar-refractivity contribution in [1.29, 1.82) is 0 Å². The molecular formula is C68H100O30. The van der Waals surface area contributed by atoms with Crippen molar-refractivity contribution in [2.24, 2.45) is 50.2 Å². The number of allylic oxidation sites excluding steroid dienone is 1. The summed E-state index contributed by atoms with van der Waals surface area (Å²) in [6.07, 6.45) is -34.0. The van der Waals surface area contributed by atoms with Crippen molar-refractivity contribution >= 4 is 24.0 Å². The van der Waals surface area contributed by atoms with Gasteiger partial charge in [0.2, 0.25) is 6.29 Å². The number of hydrogen-bond acceptors (Lipinski definition) is 29. The van der Waals surface area contributed by atoms with E-state index in [1.807, 2.05) is 6.92 Å². The summed E-state index contributed by atoms with van der Waals surface area (Å²) in [6.45, 7) is 10.6. The Bertz CT molecular complexity index is 3040. The number of carbonyl (C=O) groups is 3. The van der Waals surface area contributed by atoms with Crippen molar-refractivity contribution in [3.8, 4) is 5.75 Å². The number of esters is 2. The fourth-order valence-electron chi connectivity index (χ4n) is 18.7. The van der Waals surface area contributed by atoms with E-state index in [1.54, 1.807) is 24.3 Å². The van der Waals surface area contributed by atoms with Crippen molar-refractivity contribution in [1.82, 2.24) is 0 Å². The van der Waals surface area contributed by atoms with Gasteiger partial charge in [0, 0.05) is 11.5 Å². The zero-order valence-electron chi connectivity index (χ0n) is 56.2. The van der Waals surface area contributed by atoms with E-state index in [0.29, 0.717) is 43.4 Å². The van der Waals surface area contributed by atoms with Crippen molar-refractivity contribution in [2.45, 2.75) is 260 Å². The molecule has 0 aromatic heterocycles. The number of aliphatic hydroxyl groups excluding tert-OH is 14. The Balaban J connectivity index is 0.848. The van der Waals surface area contributed by atoms with E-state index in [0.717, 1.165) is 11.6 Å². The summed E-state index contributed by atoms with van der Waals surface area (Å²) in [5.74, 6) is -4.02. The smallest absolute Gasteiger partial charge is 0.331 e. The average Bonchev–Trinajstić information content (AvgIpc) is 0.670. The van der Waals surface area contributed by atoms with E-state index in [1.165, 1.54) is 34.0 Å². The lowest BCUT2D eigenvalue weighted by molar-refractivity contribution is -0.377. The largest absolute Gasteiger partial charge is 0.497 e. The normalized spacial score (nSPS) is 49.4. The summed E-state index contributed by atoms with van der Waals surface area (Å²) in [7, 11) is 1.51. The zero-order valence-corrected chi connectivity index (χ0v) is 56.2. The van der Waals surface area contributed by atoms with Gasteiger partial charge in [-0.25, -0.2) is 4.79 Å². The predicted octanol–water partition coefficient (Wildman–Crippen LogP) is -1.60. The molecule has 5 heterocycles. The third kappa shape index (κ3) is 13.0. The fraction of sp³-hybridized carbons (Fsp3) is 0.809. The molecule has 33 atom stereocenters. The van der Waals surface area contributed by atoms with Gasteiger partial charge in [0.15, 0.2) is 37.4 Å². The van der Waals surface area contributed by atoms with Crippen molar-refractivity contribution in [3.63, 3.8) is 0 Å².